The molecule has 2 rings (SSSR count). The van der Waals surface area contributed by atoms with Crippen LogP contribution >= 0.6 is 11.6 Å². The van der Waals surface area contributed by atoms with Crippen LogP contribution in [0, 0.1) is 0 Å². The molecule has 0 fully saturated rings. The molecule has 3 nitrogen and oxygen atoms in total. The highest BCUT2D eigenvalue weighted by Crippen LogP contribution is 2.18. The van der Waals surface area contributed by atoms with Crippen LogP contribution in [0.4, 0.5) is 0 Å². The molecular formula is C10H10ClN3. The molecule has 0 saturated heterocycles. The SMILES string of the molecule is CCn1ncc(-c2ccc(Cl)cc2)n1. The zero-order chi connectivity index (χ0) is 9.97. The molecule has 0 unspecified atom stereocenters. The van der Waals surface area contributed by atoms with Crippen molar-refractivity contribution in [1.82, 2.24) is 15.0 Å². The molecule has 0 atom stereocenters. The van der Waals surface area contributed by atoms with Gasteiger partial charge in [0.2, 0.25) is 0 Å². The maximum Gasteiger partial charge on any atom is 0.113 e. The minimum Gasteiger partial charge on any atom is -0.185 e. The summed E-state index contributed by atoms with van der Waals surface area (Å²) in [5.41, 5.74) is 1.91. The zero-order valence-corrected chi connectivity index (χ0v) is 8.57. The molecule has 0 spiro atoms. The molecule has 0 bridgehead atoms. The Morgan fingerprint density at radius 3 is 2.57 bits per heavy atom. The first-order valence-corrected chi connectivity index (χ1v) is 4.83. The molecule has 2 aromatic rings. The largest absolute Gasteiger partial charge is 0.185 e. The Morgan fingerprint density at radius 2 is 2.00 bits per heavy atom. The lowest BCUT2D eigenvalue weighted by molar-refractivity contribution is 0.571. The van der Waals surface area contributed by atoms with E-state index in [4.69, 9.17) is 11.6 Å². The fraction of sp³-hybridized carbons (Fsp3) is 0.200. The minimum atomic E-state index is 0.733. The van der Waals surface area contributed by atoms with Gasteiger partial charge in [-0.15, -0.1) is 0 Å². The topological polar surface area (TPSA) is 30.7 Å². The highest BCUT2D eigenvalue weighted by atomic mass is 35.5. The van der Waals surface area contributed by atoms with E-state index in [0.717, 1.165) is 22.8 Å². The highest BCUT2D eigenvalue weighted by molar-refractivity contribution is 6.30. The van der Waals surface area contributed by atoms with Gasteiger partial charge in [-0.25, -0.2) is 0 Å². The van der Waals surface area contributed by atoms with E-state index < -0.39 is 0 Å². The second kappa shape index (κ2) is 3.80. The molecule has 14 heavy (non-hydrogen) atoms. The first-order valence-electron chi connectivity index (χ1n) is 4.45. The van der Waals surface area contributed by atoms with Crippen LogP contribution in [0.25, 0.3) is 11.3 Å². The summed E-state index contributed by atoms with van der Waals surface area (Å²) in [5, 5.41) is 9.13. The molecule has 0 N–H and O–H groups in total. The van der Waals surface area contributed by atoms with Crippen LogP contribution in [-0.4, -0.2) is 15.0 Å². The number of halogens is 1. The number of rotatable bonds is 2. The Balaban J connectivity index is 2.34. The van der Waals surface area contributed by atoms with Gasteiger partial charge in [0.15, 0.2) is 0 Å². The molecule has 0 aliphatic rings. The van der Waals surface area contributed by atoms with E-state index in [1.54, 1.807) is 11.0 Å². The van der Waals surface area contributed by atoms with E-state index in [9.17, 15) is 0 Å². The first kappa shape index (κ1) is 9.21. The molecule has 0 aliphatic carbocycles. The van der Waals surface area contributed by atoms with Gasteiger partial charge in [0.25, 0.3) is 0 Å². The Kier molecular flexibility index (Phi) is 2.50. The Hall–Kier alpha value is -1.35. The standard InChI is InChI=1S/C10H10ClN3/c1-2-14-12-7-10(13-14)8-3-5-9(11)6-4-8/h3-7H,2H2,1H3. The quantitative estimate of drug-likeness (QED) is 0.758. The lowest BCUT2D eigenvalue weighted by atomic mass is 10.2. The van der Waals surface area contributed by atoms with Gasteiger partial charge >= 0.3 is 0 Å². The van der Waals surface area contributed by atoms with Gasteiger partial charge < -0.3 is 0 Å². The second-order valence-electron chi connectivity index (χ2n) is 2.93. The van der Waals surface area contributed by atoms with Crippen LogP contribution < -0.4 is 0 Å². The summed E-state index contributed by atoms with van der Waals surface area (Å²) in [6.45, 7) is 2.79. The summed E-state index contributed by atoms with van der Waals surface area (Å²) in [5.74, 6) is 0. The predicted octanol–water partition coefficient (Wildman–Crippen LogP) is 2.62. The fourth-order valence-electron chi connectivity index (χ4n) is 1.20. The lowest BCUT2D eigenvalue weighted by Gasteiger charge is -1.95. The lowest BCUT2D eigenvalue weighted by Crippen LogP contribution is -1.97. The van der Waals surface area contributed by atoms with Crippen molar-refractivity contribution >= 4 is 11.6 Å². The number of nitrogens with zero attached hydrogens (tertiary/aromatic N) is 3. The van der Waals surface area contributed by atoms with Gasteiger partial charge in [-0.05, 0) is 19.1 Å². The van der Waals surface area contributed by atoms with Crippen LogP contribution in [0.15, 0.2) is 30.5 Å². The van der Waals surface area contributed by atoms with E-state index in [-0.39, 0.29) is 0 Å². The van der Waals surface area contributed by atoms with Gasteiger partial charge in [0, 0.05) is 10.6 Å². The molecule has 0 aliphatic heterocycles. The molecule has 0 radical (unpaired) electrons. The maximum absolute atomic E-state index is 5.79. The average molecular weight is 208 g/mol. The maximum atomic E-state index is 5.79. The van der Waals surface area contributed by atoms with Gasteiger partial charge in [0.1, 0.15) is 5.69 Å². The smallest absolute Gasteiger partial charge is 0.113 e. The van der Waals surface area contributed by atoms with E-state index in [0.29, 0.717) is 0 Å². The monoisotopic (exact) mass is 207 g/mol. The Labute approximate surface area is 87.3 Å². The van der Waals surface area contributed by atoms with E-state index >= 15 is 0 Å². The van der Waals surface area contributed by atoms with E-state index in [2.05, 4.69) is 10.2 Å². The van der Waals surface area contributed by atoms with Crippen LogP contribution in [0.1, 0.15) is 6.92 Å². The van der Waals surface area contributed by atoms with Crippen molar-refractivity contribution in [3.05, 3.63) is 35.5 Å². The van der Waals surface area contributed by atoms with Gasteiger partial charge in [-0.3, -0.25) is 0 Å². The van der Waals surface area contributed by atoms with E-state index in [1.807, 2.05) is 31.2 Å². The van der Waals surface area contributed by atoms with Crippen molar-refractivity contribution < 1.29 is 0 Å². The average Bonchev–Trinajstić information content (AvgIpc) is 2.67. The van der Waals surface area contributed by atoms with Crippen molar-refractivity contribution in [3.8, 4) is 11.3 Å². The fourth-order valence-corrected chi connectivity index (χ4v) is 1.33. The number of benzene rings is 1. The number of aromatic nitrogens is 3. The van der Waals surface area contributed by atoms with Gasteiger partial charge in [-0.1, -0.05) is 23.7 Å². The third-order valence-corrected chi connectivity index (χ3v) is 2.21. The number of hydrogen-bond donors (Lipinski definition) is 0. The molecular weight excluding hydrogens is 198 g/mol. The molecule has 1 aromatic heterocycles. The van der Waals surface area contributed by atoms with Crippen LogP contribution in [-0.2, 0) is 6.54 Å². The van der Waals surface area contributed by atoms with Crippen LogP contribution in [0.5, 0.6) is 0 Å². The highest BCUT2D eigenvalue weighted by Gasteiger charge is 2.01. The van der Waals surface area contributed by atoms with E-state index in [1.165, 1.54) is 0 Å². The summed E-state index contributed by atoms with van der Waals surface area (Å²) >= 11 is 5.79. The normalized spacial score (nSPS) is 10.4. The summed E-state index contributed by atoms with van der Waals surface area (Å²) in [6.07, 6.45) is 1.76. The minimum absolute atomic E-state index is 0.733. The third-order valence-electron chi connectivity index (χ3n) is 1.96. The van der Waals surface area contributed by atoms with Crippen molar-refractivity contribution in [2.24, 2.45) is 0 Å². The van der Waals surface area contributed by atoms with Gasteiger partial charge in [0.05, 0.1) is 12.7 Å². The molecule has 4 heteroatoms. The Morgan fingerprint density at radius 1 is 1.29 bits per heavy atom. The summed E-state index contributed by atoms with van der Waals surface area (Å²) < 4.78 is 0. The first-order chi connectivity index (χ1) is 6.79. The van der Waals surface area contributed by atoms with Crippen LogP contribution in [0.3, 0.4) is 0 Å². The van der Waals surface area contributed by atoms with Crippen molar-refractivity contribution in [2.45, 2.75) is 13.5 Å². The molecule has 1 heterocycles. The zero-order valence-electron chi connectivity index (χ0n) is 7.81. The van der Waals surface area contributed by atoms with Crippen molar-refractivity contribution in [2.75, 3.05) is 0 Å². The predicted molar refractivity (Wildman–Crippen MR) is 56.1 cm³/mol. The molecule has 0 amide bonds. The Bertz CT molecular complexity index is 419. The van der Waals surface area contributed by atoms with Crippen LogP contribution in [0.2, 0.25) is 5.02 Å². The molecule has 1 aromatic carbocycles. The third kappa shape index (κ3) is 1.77. The van der Waals surface area contributed by atoms with Crippen molar-refractivity contribution in [1.29, 1.82) is 0 Å². The number of aryl methyl sites for hydroxylation is 1. The summed E-state index contributed by atoms with van der Waals surface area (Å²) in [7, 11) is 0. The van der Waals surface area contributed by atoms with Crippen molar-refractivity contribution in [3.63, 3.8) is 0 Å². The molecule has 72 valence electrons. The summed E-state index contributed by atoms with van der Waals surface area (Å²) in [4.78, 5) is 1.66. The summed E-state index contributed by atoms with van der Waals surface area (Å²) in [6, 6.07) is 7.57. The number of hydrogen-bond acceptors (Lipinski definition) is 2. The second-order valence-corrected chi connectivity index (χ2v) is 3.36. The van der Waals surface area contributed by atoms with Gasteiger partial charge in [-0.2, -0.15) is 15.0 Å². The molecule has 0 saturated carbocycles.